The second kappa shape index (κ2) is 9.86. The van der Waals surface area contributed by atoms with Crippen molar-refractivity contribution in [3.8, 4) is 0 Å². The van der Waals surface area contributed by atoms with E-state index in [2.05, 4.69) is 60.7 Å². The van der Waals surface area contributed by atoms with Crippen LogP contribution in [0.3, 0.4) is 0 Å². The highest BCUT2D eigenvalue weighted by atomic mass is 127. The van der Waals surface area contributed by atoms with E-state index in [-0.39, 0.29) is 21.2 Å². The molecule has 144 valence electrons. The van der Waals surface area contributed by atoms with E-state index < -0.39 is 33.6 Å². The number of halogens is 6. The Kier molecular flexibility index (Phi) is 8.77. The number of alkyl halides is 5. The van der Waals surface area contributed by atoms with E-state index in [4.69, 9.17) is 11.6 Å². The fourth-order valence-electron chi connectivity index (χ4n) is 1.53. The molecule has 0 N–H and O–H groups in total. The molecule has 0 heterocycles. The van der Waals surface area contributed by atoms with Crippen LogP contribution in [0.4, 0.5) is 17.6 Å². The van der Waals surface area contributed by atoms with Crippen molar-refractivity contribution in [2.45, 2.75) is 17.6 Å². The van der Waals surface area contributed by atoms with Gasteiger partial charge in [-0.15, -0.1) is 11.6 Å². The molecule has 2 aromatic carbocycles. The van der Waals surface area contributed by atoms with E-state index in [1.165, 1.54) is 7.14 Å². The van der Waals surface area contributed by atoms with Crippen molar-refractivity contribution in [1.29, 1.82) is 0 Å². The van der Waals surface area contributed by atoms with E-state index in [1.807, 2.05) is 0 Å². The molecule has 2 rings (SSSR count). The van der Waals surface area contributed by atoms with Crippen LogP contribution in [0.5, 0.6) is 0 Å². The van der Waals surface area contributed by atoms with Crippen LogP contribution in [0.15, 0.2) is 60.7 Å². The lowest BCUT2D eigenvalue weighted by Gasteiger charge is -2.27. The molecular formula is C16H14ClF4IO3S. The van der Waals surface area contributed by atoms with Crippen LogP contribution in [-0.4, -0.2) is 30.0 Å². The summed E-state index contributed by atoms with van der Waals surface area (Å²) in [6.45, 7) is 0. The molecule has 0 saturated heterocycles. The number of benzene rings is 2. The Labute approximate surface area is 164 Å². The fourth-order valence-corrected chi connectivity index (χ4v) is 4.50. The zero-order valence-corrected chi connectivity index (χ0v) is 16.8. The quantitative estimate of drug-likeness (QED) is 0.247. The molecule has 0 saturated carbocycles. The van der Waals surface area contributed by atoms with Gasteiger partial charge < -0.3 is 4.55 Å². The van der Waals surface area contributed by atoms with Gasteiger partial charge in [0.05, 0.1) is 0 Å². The molecule has 0 unspecified atom stereocenters. The molecule has 0 radical (unpaired) electrons. The molecule has 0 amide bonds. The summed E-state index contributed by atoms with van der Waals surface area (Å²) < 4.78 is 81.1. The predicted octanol–water partition coefficient (Wildman–Crippen LogP) is 1.20. The topological polar surface area (TPSA) is 57.2 Å². The minimum Gasteiger partial charge on any atom is -0.743 e. The van der Waals surface area contributed by atoms with Crippen LogP contribution in [0, 0.1) is 7.14 Å². The molecule has 0 aliphatic rings. The van der Waals surface area contributed by atoms with Gasteiger partial charge in [0.15, 0.2) is 17.3 Å². The number of hydrogen-bond donors (Lipinski definition) is 0. The third-order valence-electron chi connectivity index (χ3n) is 2.83. The van der Waals surface area contributed by atoms with Gasteiger partial charge in [0, 0.05) is 12.3 Å². The van der Waals surface area contributed by atoms with Crippen molar-refractivity contribution in [3.05, 3.63) is 67.8 Å². The van der Waals surface area contributed by atoms with Gasteiger partial charge in [-0.05, 0) is 24.3 Å². The average Bonchev–Trinajstić information content (AvgIpc) is 2.56. The first kappa shape index (κ1) is 23.1. The summed E-state index contributed by atoms with van der Waals surface area (Å²) in [5, 5.41) is -5.62. The Hall–Kier alpha value is -0.910. The maximum atomic E-state index is 12.3. The van der Waals surface area contributed by atoms with Crippen LogP contribution >= 0.6 is 11.6 Å². The van der Waals surface area contributed by atoms with Crippen LogP contribution in [0.1, 0.15) is 6.42 Å². The predicted molar refractivity (Wildman–Crippen MR) is 85.2 cm³/mol. The van der Waals surface area contributed by atoms with Gasteiger partial charge in [0.2, 0.25) is 0 Å². The second-order valence-corrected chi connectivity index (χ2v) is 9.63. The van der Waals surface area contributed by atoms with Crippen LogP contribution in [0.2, 0.25) is 0 Å². The molecule has 0 fully saturated rings. The Bertz CT molecular complexity index is 737. The maximum absolute atomic E-state index is 12.3. The Balaban J connectivity index is 0.000000260. The molecule has 0 spiro atoms. The van der Waals surface area contributed by atoms with Crippen LogP contribution in [0.25, 0.3) is 0 Å². The molecule has 0 bridgehead atoms. The highest BCUT2D eigenvalue weighted by Gasteiger charge is 2.60. The smallest absolute Gasteiger partial charge is 0.396 e. The van der Waals surface area contributed by atoms with Gasteiger partial charge in [-0.25, -0.2) is 8.42 Å². The summed E-state index contributed by atoms with van der Waals surface area (Å²) in [5.74, 6) is -5.81. The van der Waals surface area contributed by atoms with Gasteiger partial charge in [0.1, 0.15) is 0 Å². The number of rotatable bonds is 6. The summed E-state index contributed by atoms with van der Waals surface area (Å²) in [6, 6.07) is 21.4. The van der Waals surface area contributed by atoms with E-state index in [0.29, 0.717) is 0 Å². The zero-order valence-electron chi connectivity index (χ0n) is 13.1. The molecule has 2 aromatic rings. The highest BCUT2D eigenvalue weighted by Crippen LogP contribution is 2.40. The third kappa shape index (κ3) is 6.67. The molecule has 0 aliphatic carbocycles. The zero-order chi connectivity index (χ0) is 19.8. The summed E-state index contributed by atoms with van der Waals surface area (Å²) in [7, 11) is -6.37. The van der Waals surface area contributed by atoms with E-state index in [1.54, 1.807) is 0 Å². The van der Waals surface area contributed by atoms with Gasteiger partial charge >= 0.3 is 32.4 Å². The Morgan fingerprint density at radius 2 is 1.27 bits per heavy atom. The summed E-state index contributed by atoms with van der Waals surface area (Å²) in [6.07, 6.45) is -1.58. The van der Waals surface area contributed by atoms with Gasteiger partial charge in [-0.1, -0.05) is 36.4 Å². The summed E-state index contributed by atoms with van der Waals surface area (Å²) >= 11 is 4.76. The summed E-state index contributed by atoms with van der Waals surface area (Å²) in [4.78, 5) is 0. The van der Waals surface area contributed by atoms with E-state index >= 15 is 0 Å². The standard InChI is InChI=1S/C12H10I.C4H5ClF4O3S/c1-3-7-11(8-4-1)13-12-9-5-2-6-10-12;5-2-1-3(6,7)4(8,9)13(10,11)12/h1-10H;1-2H2,(H,10,11,12)/q+1;/p-1. The fraction of sp³-hybridized carbons (Fsp3) is 0.250. The lowest BCUT2D eigenvalue weighted by atomic mass is 10.3. The minimum atomic E-state index is -6.37. The molecule has 0 atom stereocenters. The monoisotopic (exact) mass is 524 g/mol. The van der Waals surface area contributed by atoms with E-state index in [0.717, 1.165) is 0 Å². The van der Waals surface area contributed by atoms with Crippen molar-refractivity contribution in [3.63, 3.8) is 0 Å². The van der Waals surface area contributed by atoms with Gasteiger partial charge in [-0.2, -0.15) is 17.6 Å². The van der Waals surface area contributed by atoms with Gasteiger partial charge in [-0.3, -0.25) is 0 Å². The molecular weight excluding hydrogens is 511 g/mol. The summed E-state index contributed by atoms with van der Waals surface area (Å²) in [5.41, 5.74) is 0. The highest BCUT2D eigenvalue weighted by molar-refractivity contribution is 7.86. The lowest BCUT2D eigenvalue weighted by molar-refractivity contribution is -0.597. The van der Waals surface area contributed by atoms with Gasteiger partial charge in [0.25, 0.3) is 0 Å². The van der Waals surface area contributed by atoms with E-state index in [9.17, 15) is 30.5 Å². The second-order valence-electron chi connectivity index (χ2n) is 4.80. The average molecular weight is 525 g/mol. The largest absolute Gasteiger partial charge is 0.743 e. The SMILES string of the molecule is O=S(=O)([O-])C(F)(F)C(F)(F)CCCl.c1ccc([I+]c2ccccc2)cc1. The normalized spacial score (nSPS) is 12.2. The minimum absolute atomic E-state index is 0.0287. The van der Waals surface area contributed by atoms with Crippen LogP contribution in [-0.2, 0) is 10.1 Å². The maximum Gasteiger partial charge on any atom is 0.396 e. The molecule has 26 heavy (non-hydrogen) atoms. The molecule has 0 aliphatic heterocycles. The van der Waals surface area contributed by atoms with Crippen molar-refractivity contribution in [2.24, 2.45) is 0 Å². The first-order valence-electron chi connectivity index (χ1n) is 7.03. The third-order valence-corrected chi connectivity index (χ3v) is 6.63. The lowest BCUT2D eigenvalue weighted by Crippen LogP contribution is -3.61. The van der Waals surface area contributed by atoms with Crippen molar-refractivity contribution >= 4 is 21.7 Å². The van der Waals surface area contributed by atoms with Crippen molar-refractivity contribution in [2.75, 3.05) is 5.88 Å². The first-order chi connectivity index (χ1) is 12.0. The van der Waals surface area contributed by atoms with Crippen molar-refractivity contribution < 1.29 is 51.7 Å². The number of hydrogen-bond acceptors (Lipinski definition) is 3. The molecule has 0 aromatic heterocycles. The Morgan fingerprint density at radius 3 is 1.58 bits per heavy atom. The molecule has 3 nitrogen and oxygen atoms in total. The van der Waals surface area contributed by atoms with Crippen LogP contribution < -0.4 is 21.2 Å². The van der Waals surface area contributed by atoms with Crippen molar-refractivity contribution in [1.82, 2.24) is 0 Å². The first-order valence-corrected chi connectivity index (χ1v) is 11.1. The molecule has 10 heteroatoms. The Morgan fingerprint density at radius 1 is 0.885 bits per heavy atom.